The van der Waals surface area contributed by atoms with Crippen LogP contribution in [-0.2, 0) is 32.7 Å². The molecule has 0 spiro atoms. The van der Waals surface area contributed by atoms with Crippen molar-refractivity contribution in [3.8, 4) is 0 Å². The van der Waals surface area contributed by atoms with Gasteiger partial charge in [0.25, 0.3) is 0 Å². The monoisotopic (exact) mass is 744 g/mol. The van der Waals surface area contributed by atoms with Crippen molar-refractivity contribution in [2.75, 3.05) is 26.4 Å². The van der Waals surface area contributed by atoms with Crippen LogP contribution in [0.3, 0.4) is 0 Å². The molecule has 0 amide bonds. The van der Waals surface area contributed by atoms with Gasteiger partial charge in [-0.2, -0.15) is 0 Å². The number of nitrogens with two attached hydrogens (primary N) is 1. The predicted molar refractivity (Wildman–Crippen MR) is 211 cm³/mol. The molecular formula is C41H78NO8P. The van der Waals surface area contributed by atoms with Crippen LogP contribution in [0.25, 0.3) is 0 Å². The van der Waals surface area contributed by atoms with E-state index in [1.807, 2.05) is 0 Å². The Morgan fingerprint density at radius 3 is 1.41 bits per heavy atom. The first kappa shape index (κ1) is 49.5. The van der Waals surface area contributed by atoms with Crippen LogP contribution in [0.4, 0.5) is 0 Å². The summed E-state index contributed by atoms with van der Waals surface area (Å²) in [4.78, 5) is 34.8. The summed E-state index contributed by atoms with van der Waals surface area (Å²) in [6.45, 7) is 3.70. The molecule has 0 saturated heterocycles. The number of carbonyl (C=O) groups excluding carboxylic acids is 2. The third kappa shape index (κ3) is 38.0. The van der Waals surface area contributed by atoms with E-state index in [1.165, 1.54) is 96.3 Å². The minimum absolute atomic E-state index is 0.0525. The molecule has 51 heavy (non-hydrogen) atoms. The second-order valence-electron chi connectivity index (χ2n) is 13.8. The van der Waals surface area contributed by atoms with Crippen LogP contribution in [0.15, 0.2) is 24.3 Å². The molecule has 300 valence electrons. The number of allylic oxidation sites excluding steroid dienone is 4. The normalized spacial score (nSPS) is 13.6. The maximum absolute atomic E-state index is 12.6. The number of unbranched alkanes of at least 4 members (excludes halogenated alkanes) is 22. The highest BCUT2D eigenvalue weighted by Gasteiger charge is 2.26. The summed E-state index contributed by atoms with van der Waals surface area (Å²) in [6.07, 6.45) is 39.2. The minimum atomic E-state index is -4.37. The molecule has 0 aliphatic heterocycles. The predicted octanol–water partition coefficient (Wildman–Crippen LogP) is 11.6. The van der Waals surface area contributed by atoms with Gasteiger partial charge in [-0.1, -0.05) is 141 Å². The number of ether oxygens (including phenoxy) is 2. The van der Waals surface area contributed by atoms with E-state index in [0.717, 1.165) is 64.2 Å². The molecule has 0 radical (unpaired) electrons. The summed E-state index contributed by atoms with van der Waals surface area (Å²) in [7, 11) is -4.37. The van der Waals surface area contributed by atoms with Crippen LogP contribution in [0.5, 0.6) is 0 Å². The number of phosphoric ester groups is 1. The van der Waals surface area contributed by atoms with E-state index in [2.05, 4.69) is 38.2 Å². The van der Waals surface area contributed by atoms with Crippen LogP contribution >= 0.6 is 7.82 Å². The first-order valence-corrected chi connectivity index (χ1v) is 22.3. The lowest BCUT2D eigenvalue weighted by Crippen LogP contribution is -2.29. The number of esters is 2. The number of phosphoric acid groups is 1. The number of hydrogen-bond donors (Lipinski definition) is 2. The fraction of sp³-hybridized carbons (Fsp3) is 0.854. The lowest BCUT2D eigenvalue weighted by Gasteiger charge is -2.19. The molecule has 0 aromatic heterocycles. The molecule has 0 aliphatic rings. The number of hydrogen-bond acceptors (Lipinski definition) is 8. The molecule has 9 nitrogen and oxygen atoms in total. The Morgan fingerprint density at radius 2 is 0.961 bits per heavy atom. The van der Waals surface area contributed by atoms with Crippen LogP contribution in [0.1, 0.15) is 194 Å². The second kappa shape index (κ2) is 38.2. The summed E-state index contributed by atoms with van der Waals surface area (Å²) >= 11 is 0. The summed E-state index contributed by atoms with van der Waals surface area (Å²) in [5.74, 6) is -0.841. The summed E-state index contributed by atoms with van der Waals surface area (Å²) in [5, 5.41) is 0. The zero-order valence-electron chi connectivity index (χ0n) is 32.8. The highest BCUT2D eigenvalue weighted by Crippen LogP contribution is 2.43. The van der Waals surface area contributed by atoms with Gasteiger partial charge in [-0.25, -0.2) is 4.57 Å². The van der Waals surface area contributed by atoms with Gasteiger partial charge in [-0.15, -0.1) is 0 Å². The van der Waals surface area contributed by atoms with E-state index < -0.39 is 32.5 Å². The SMILES string of the molecule is CCCCCCC=CCCCCCCCC(=O)OC[C@H](COP(=O)(O)OCCN)OC(=O)CCCCCCCCCC=CCCCCCCCC. The molecular weight excluding hydrogens is 665 g/mol. The van der Waals surface area contributed by atoms with Crippen molar-refractivity contribution in [1.82, 2.24) is 0 Å². The van der Waals surface area contributed by atoms with Gasteiger partial charge in [-0.05, 0) is 64.2 Å². The van der Waals surface area contributed by atoms with Gasteiger partial charge in [0.1, 0.15) is 6.61 Å². The molecule has 0 heterocycles. The largest absolute Gasteiger partial charge is 0.472 e. The zero-order chi connectivity index (χ0) is 37.5. The van der Waals surface area contributed by atoms with Crippen molar-refractivity contribution in [3.63, 3.8) is 0 Å². The fourth-order valence-electron chi connectivity index (χ4n) is 5.68. The maximum Gasteiger partial charge on any atom is 0.472 e. The Balaban J connectivity index is 4.18. The summed E-state index contributed by atoms with van der Waals surface area (Å²) < 4.78 is 32.7. The van der Waals surface area contributed by atoms with E-state index in [1.54, 1.807) is 0 Å². The average molecular weight is 744 g/mol. The Hall–Kier alpha value is -1.51. The first-order valence-electron chi connectivity index (χ1n) is 20.8. The second-order valence-corrected chi connectivity index (χ2v) is 15.3. The average Bonchev–Trinajstić information content (AvgIpc) is 3.11. The van der Waals surface area contributed by atoms with Crippen molar-refractivity contribution in [2.45, 2.75) is 200 Å². The molecule has 1 unspecified atom stereocenters. The molecule has 0 saturated carbocycles. The quantitative estimate of drug-likeness (QED) is 0.0273. The van der Waals surface area contributed by atoms with Crippen LogP contribution < -0.4 is 5.73 Å². The number of rotatable bonds is 39. The van der Waals surface area contributed by atoms with Crippen molar-refractivity contribution in [2.24, 2.45) is 5.73 Å². The molecule has 0 aliphatic carbocycles. The molecule has 2 atom stereocenters. The highest BCUT2D eigenvalue weighted by atomic mass is 31.2. The van der Waals surface area contributed by atoms with Gasteiger partial charge in [0, 0.05) is 19.4 Å². The van der Waals surface area contributed by atoms with Crippen LogP contribution in [0.2, 0.25) is 0 Å². The Bertz CT molecular complexity index is 897. The van der Waals surface area contributed by atoms with E-state index in [9.17, 15) is 19.0 Å². The van der Waals surface area contributed by atoms with Gasteiger partial charge in [0.2, 0.25) is 0 Å². The zero-order valence-corrected chi connectivity index (χ0v) is 33.7. The van der Waals surface area contributed by atoms with Crippen LogP contribution in [0, 0.1) is 0 Å². The van der Waals surface area contributed by atoms with E-state index in [0.29, 0.717) is 6.42 Å². The lowest BCUT2D eigenvalue weighted by molar-refractivity contribution is -0.161. The summed E-state index contributed by atoms with van der Waals surface area (Å²) in [5.41, 5.74) is 5.34. The molecule has 0 aromatic carbocycles. The van der Waals surface area contributed by atoms with Crippen molar-refractivity contribution in [1.29, 1.82) is 0 Å². The van der Waals surface area contributed by atoms with Gasteiger partial charge in [0.15, 0.2) is 6.10 Å². The minimum Gasteiger partial charge on any atom is -0.462 e. The van der Waals surface area contributed by atoms with Crippen molar-refractivity contribution < 1.29 is 37.6 Å². The van der Waals surface area contributed by atoms with E-state index in [4.69, 9.17) is 24.3 Å². The first-order chi connectivity index (χ1) is 24.8. The van der Waals surface area contributed by atoms with E-state index >= 15 is 0 Å². The van der Waals surface area contributed by atoms with Gasteiger partial charge in [-0.3, -0.25) is 18.6 Å². The molecule has 0 fully saturated rings. The molecule has 3 N–H and O–H groups in total. The number of carbonyl (C=O) groups is 2. The van der Waals surface area contributed by atoms with Crippen molar-refractivity contribution >= 4 is 19.8 Å². The standard InChI is InChI=1S/C41H78NO8P/c1-3-5-7-9-11-13-15-17-18-19-20-22-24-26-28-30-32-34-41(44)50-39(38-49-51(45,46)48-36-35-42)37-47-40(43)33-31-29-27-25-23-21-16-14-12-10-8-6-4-2/h14,16-18,39H,3-13,15,19-38,42H2,1-2H3,(H,45,46)/t39-/m1/s1. The van der Waals surface area contributed by atoms with Gasteiger partial charge in [0.05, 0.1) is 13.2 Å². The molecule has 10 heteroatoms. The highest BCUT2D eigenvalue weighted by molar-refractivity contribution is 7.47. The molecule has 0 rings (SSSR count). The Labute approximate surface area is 312 Å². The molecule has 0 bridgehead atoms. The Morgan fingerprint density at radius 1 is 0.569 bits per heavy atom. The van der Waals surface area contributed by atoms with Gasteiger partial charge < -0.3 is 20.1 Å². The van der Waals surface area contributed by atoms with E-state index in [-0.39, 0.29) is 32.6 Å². The fourth-order valence-corrected chi connectivity index (χ4v) is 6.45. The van der Waals surface area contributed by atoms with Gasteiger partial charge >= 0.3 is 19.8 Å². The topological polar surface area (TPSA) is 134 Å². The Kier molecular flexibility index (Phi) is 37.1. The third-order valence-corrected chi connectivity index (χ3v) is 9.79. The van der Waals surface area contributed by atoms with Crippen molar-refractivity contribution in [3.05, 3.63) is 24.3 Å². The third-order valence-electron chi connectivity index (χ3n) is 8.81. The lowest BCUT2D eigenvalue weighted by atomic mass is 10.1. The summed E-state index contributed by atoms with van der Waals surface area (Å²) in [6, 6.07) is 0. The van der Waals surface area contributed by atoms with Crippen LogP contribution in [-0.4, -0.2) is 49.3 Å². The maximum atomic E-state index is 12.6. The molecule has 0 aromatic rings. The smallest absolute Gasteiger partial charge is 0.462 e.